The molecule has 3 rings (SSSR count). The molecule has 0 aromatic heterocycles. The molecule has 0 bridgehead atoms. The van der Waals surface area contributed by atoms with E-state index >= 15 is 0 Å². The van der Waals surface area contributed by atoms with Gasteiger partial charge in [0, 0.05) is 30.5 Å². The first-order valence-corrected chi connectivity index (χ1v) is 10.6. The summed E-state index contributed by atoms with van der Waals surface area (Å²) < 4.78 is 33.2. The molecule has 1 aliphatic rings. The number of sulfonamides is 1. The second-order valence-electron chi connectivity index (χ2n) is 5.79. The van der Waals surface area contributed by atoms with E-state index in [9.17, 15) is 13.2 Å². The molecule has 1 aliphatic heterocycles. The zero-order valence-corrected chi connectivity index (χ0v) is 16.1. The van der Waals surface area contributed by atoms with Gasteiger partial charge in [-0.3, -0.25) is 4.79 Å². The molecule has 1 N–H and O–H groups in total. The number of carbonyl (C=O) groups is 1. The Kier molecular flexibility index (Phi) is 5.55. The maximum atomic E-state index is 13.1. The summed E-state index contributed by atoms with van der Waals surface area (Å²) in [5.41, 5.74) is 1.41. The summed E-state index contributed by atoms with van der Waals surface area (Å²) in [6.45, 7) is 1.84. The van der Waals surface area contributed by atoms with Crippen molar-refractivity contribution in [2.45, 2.75) is 17.2 Å². The Bertz CT molecular complexity index is 898. The molecule has 0 saturated carbocycles. The Morgan fingerprint density at radius 3 is 2.54 bits per heavy atom. The summed E-state index contributed by atoms with van der Waals surface area (Å²) in [4.78, 5) is 11.3. The standard InChI is InChI=1S/C18H20N2O4S2/c1-13(21)19-14-7-9-15(10-8-14)26(22,23)20-11-12-25-18(20)16-5-3-4-6-17(16)24-2/h3-10,18H,11-12H2,1-2H3,(H,19,21). The molecule has 1 saturated heterocycles. The normalized spacial score (nSPS) is 17.8. The van der Waals surface area contributed by atoms with Gasteiger partial charge in [0.2, 0.25) is 15.9 Å². The minimum absolute atomic E-state index is 0.201. The molecular formula is C18H20N2O4S2. The molecule has 0 radical (unpaired) electrons. The molecule has 138 valence electrons. The predicted molar refractivity (Wildman–Crippen MR) is 103 cm³/mol. The van der Waals surface area contributed by atoms with Crippen LogP contribution in [0.4, 0.5) is 5.69 Å². The monoisotopic (exact) mass is 392 g/mol. The second kappa shape index (κ2) is 7.69. The number of methoxy groups -OCH3 is 1. The van der Waals surface area contributed by atoms with Gasteiger partial charge in [-0.25, -0.2) is 8.42 Å². The number of carbonyl (C=O) groups excluding carboxylic acids is 1. The summed E-state index contributed by atoms with van der Waals surface area (Å²) in [6.07, 6.45) is 0. The number of rotatable bonds is 5. The van der Waals surface area contributed by atoms with E-state index in [1.165, 1.54) is 23.4 Å². The van der Waals surface area contributed by atoms with E-state index in [0.29, 0.717) is 23.7 Å². The van der Waals surface area contributed by atoms with Crippen molar-refractivity contribution in [1.29, 1.82) is 0 Å². The zero-order chi connectivity index (χ0) is 18.7. The minimum Gasteiger partial charge on any atom is -0.496 e. The molecule has 1 amide bonds. The molecule has 1 atom stereocenters. The maximum absolute atomic E-state index is 13.1. The van der Waals surface area contributed by atoms with Crippen LogP contribution in [0.1, 0.15) is 17.9 Å². The number of nitrogens with one attached hydrogen (secondary N) is 1. The van der Waals surface area contributed by atoms with Crippen LogP contribution in [0.15, 0.2) is 53.4 Å². The van der Waals surface area contributed by atoms with Crippen molar-refractivity contribution in [1.82, 2.24) is 4.31 Å². The molecule has 2 aromatic rings. The number of thioether (sulfide) groups is 1. The first kappa shape index (κ1) is 18.8. The second-order valence-corrected chi connectivity index (χ2v) is 8.87. The average molecular weight is 393 g/mol. The molecule has 0 aliphatic carbocycles. The van der Waals surface area contributed by atoms with E-state index < -0.39 is 10.0 Å². The summed E-state index contributed by atoms with van der Waals surface area (Å²) in [5, 5.41) is 2.31. The van der Waals surface area contributed by atoms with Crippen LogP contribution in [0.25, 0.3) is 0 Å². The topological polar surface area (TPSA) is 75.7 Å². The average Bonchev–Trinajstić information content (AvgIpc) is 3.12. The van der Waals surface area contributed by atoms with Gasteiger partial charge in [-0.15, -0.1) is 11.8 Å². The van der Waals surface area contributed by atoms with Gasteiger partial charge in [0.1, 0.15) is 5.75 Å². The van der Waals surface area contributed by atoms with Gasteiger partial charge in [-0.1, -0.05) is 18.2 Å². The van der Waals surface area contributed by atoms with Crippen molar-refractivity contribution in [2.24, 2.45) is 0 Å². The lowest BCUT2D eigenvalue weighted by Gasteiger charge is -2.25. The molecule has 6 nitrogen and oxygen atoms in total. The van der Waals surface area contributed by atoms with Crippen LogP contribution in [0, 0.1) is 0 Å². The van der Waals surface area contributed by atoms with E-state index in [1.54, 1.807) is 31.0 Å². The number of amides is 1. The maximum Gasteiger partial charge on any atom is 0.244 e. The van der Waals surface area contributed by atoms with Crippen LogP contribution < -0.4 is 10.1 Å². The van der Waals surface area contributed by atoms with Crippen molar-refractivity contribution >= 4 is 33.4 Å². The van der Waals surface area contributed by atoms with E-state index in [4.69, 9.17) is 4.74 Å². The lowest BCUT2D eigenvalue weighted by Crippen LogP contribution is -2.30. The van der Waals surface area contributed by atoms with Crippen LogP contribution in [0.3, 0.4) is 0 Å². The Balaban J connectivity index is 1.91. The van der Waals surface area contributed by atoms with Crippen molar-refractivity contribution in [3.05, 3.63) is 54.1 Å². The van der Waals surface area contributed by atoms with Crippen LogP contribution >= 0.6 is 11.8 Å². The number of para-hydroxylation sites is 1. The van der Waals surface area contributed by atoms with Gasteiger partial charge in [0.15, 0.2) is 0 Å². The first-order chi connectivity index (χ1) is 12.4. The summed E-state index contributed by atoms with van der Waals surface area (Å²) in [5.74, 6) is 1.19. The zero-order valence-electron chi connectivity index (χ0n) is 14.5. The smallest absolute Gasteiger partial charge is 0.244 e. The van der Waals surface area contributed by atoms with Crippen LogP contribution in [0.2, 0.25) is 0 Å². The highest BCUT2D eigenvalue weighted by Gasteiger charge is 2.38. The van der Waals surface area contributed by atoms with Gasteiger partial charge in [-0.2, -0.15) is 4.31 Å². The number of benzene rings is 2. The third-order valence-corrected chi connectivity index (χ3v) is 7.29. The van der Waals surface area contributed by atoms with Gasteiger partial charge >= 0.3 is 0 Å². The number of hydrogen-bond donors (Lipinski definition) is 1. The molecule has 1 fully saturated rings. The number of nitrogens with zero attached hydrogens (tertiary/aromatic N) is 1. The third-order valence-electron chi connectivity index (χ3n) is 4.04. The fourth-order valence-electron chi connectivity index (χ4n) is 2.87. The largest absolute Gasteiger partial charge is 0.496 e. The molecule has 1 unspecified atom stereocenters. The fourth-order valence-corrected chi connectivity index (χ4v) is 6.12. The minimum atomic E-state index is -3.66. The molecular weight excluding hydrogens is 372 g/mol. The lowest BCUT2D eigenvalue weighted by molar-refractivity contribution is -0.114. The number of hydrogen-bond acceptors (Lipinski definition) is 5. The molecule has 26 heavy (non-hydrogen) atoms. The van der Waals surface area contributed by atoms with E-state index in [-0.39, 0.29) is 16.2 Å². The van der Waals surface area contributed by atoms with Crippen molar-refractivity contribution in [3.63, 3.8) is 0 Å². The SMILES string of the molecule is COc1ccccc1C1SCCN1S(=O)(=O)c1ccc(NC(C)=O)cc1. The van der Waals surface area contributed by atoms with Gasteiger partial charge in [0.25, 0.3) is 0 Å². The van der Waals surface area contributed by atoms with E-state index in [0.717, 1.165) is 5.56 Å². The quantitative estimate of drug-likeness (QED) is 0.846. The van der Waals surface area contributed by atoms with Crippen LogP contribution in [0.5, 0.6) is 5.75 Å². The fraction of sp³-hybridized carbons (Fsp3) is 0.278. The number of ether oxygens (including phenoxy) is 1. The highest BCUT2D eigenvalue weighted by Crippen LogP contribution is 2.44. The van der Waals surface area contributed by atoms with Crippen molar-refractivity contribution in [3.8, 4) is 5.75 Å². The van der Waals surface area contributed by atoms with Gasteiger partial charge < -0.3 is 10.1 Å². The van der Waals surface area contributed by atoms with Crippen molar-refractivity contribution < 1.29 is 17.9 Å². The summed E-state index contributed by atoms with van der Waals surface area (Å²) in [7, 11) is -2.08. The lowest BCUT2D eigenvalue weighted by atomic mass is 10.2. The summed E-state index contributed by atoms with van der Waals surface area (Å²) in [6, 6.07) is 13.7. The molecule has 2 aromatic carbocycles. The Morgan fingerprint density at radius 1 is 1.19 bits per heavy atom. The van der Waals surface area contributed by atoms with Gasteiger partial charge in [-0.05, 0) is 30.3 Å². The third kappa shape index (κ3) is 3.72. The summed E-state index contributed by atoms with van der Waals surface area (Å²) >= 11 is 1.58. The highest BCUT2D eigenvalue weighted by atomic mass is 32.2. The Labute approximate surface area is 157 Å². The van der Waals surface area contributed by atoms with E-state index in [1.807, 2.05) is 24.3 Å². The molecule has 0 spiro atoms. The predicted octanol–water partition coefficient (Wildman–Crippen LogP) is 3.09. The first-order valence-electron chi connectivity index (χ1n) is 8.07. The Hall–Kier alpha value is -2.03. The van der Waals surface area contributed by atoms with E-state index in [2.05, 4.69) is 5.32 Å². The Morgan fingerprint density at radius 2 is 1.88 bits per heavy atom. The highest BCUT2D eigenvalue weighted by molar-refractivity contribution is 8.01. The van der Waals surface area contributed by atoms with Crippen LogP contribution in [-0.2, 0) is 14.8 Å². The van der Waals surface area contributed by atoms with Crippen LogP contribution in [-0.4, -0.2) is 38.0 Å². The molecule has 8 heteroatoms. The number of anilines is 1. The molecule has 1 heterocycles. The van der Waals surface area contributed by atoms with Crippen molar-refractivity contribution in [2.75, 3.05) is 24.7 Å². The van der Waals surface area contributed by atoms with Gasteiger partial charge in [0.05, 0.1) is 17.4 Å².